The third kappa shape index (κ3) is 1.68. The summed E-state index contributed by atoms with van der Waals surface area (Å²) in [6.45, 7) is 3.64. The van der Waals surface area contributed by atoms with Crippen molar-refractivity contribution >= 4 is 0 Å². The molecule has 0 bridgehead atoms. The number of rotatable bonds is 1. The van der Waals surface area contributed by atoms with Gasteiger partial charge in [-0.3, -0.25) is 0 Å². The molecule has 2 aliphatic heterocycles. The Labute approximate surface area is 89.0 Å². The van der Waals surface area contributed by atoms with Gasteiger partial charge in [-0.15, -0.1) is 0 Å². The summed E-state index contributed by atoms with van der Waals surface area (Å²) in [6.07, 6.45) is 3.22. The van der Waals surface area contributed by atoms with Crippen LogP contribution in [-0.4, -0.2) is 24.9 Å². The Balaban J connectivity index is 1.87. The molecule has 1 fully saturated rings. The number of hydrogen-bond donors (Lipinski definition) is 1. The van der Waals surface area contributed by atoms with Gasteiger partial charge in [-0.05, 0) is 25.9 Å². The predicted molar refractivity (Wildman–Crippen MR) is 54.7 cm³/mol. The van der Waals surface area contributed by atoms with Crippen molar-refractivity contribution in [2.24, 2.45) is 0 Å². The number of nitrogens with one attached hydrogen (secondary N) is 1. The van der Waals surface area contributed by atoms with Crippen molar-refractivity contribution in [3.63, 3.8) is 0 Å². The van der Waals surface area contributed by atoms with Crippen LogP contribution in [0.5, 0.6) is 0 Å². The Morgan fingerprint density at radius 1 is 1.27 bits per heavy atom. The zero-order valence-corrected chi connectivity index (χ0v) is 8.79. The van der Waals surface area contributed by atoms with Crippen LogP contribution in [0.3, 0.4) is 0 Å². The van der Waals surface area contributed by atoms with E-state index in [2.05, 4.69) is 10.5 Å². The summed E-state index contributed by atoms with van der Waals surface area (Å²) < 4.78 is 11.0. The number of nitrogens with zero attached hydrogens (tertiary/aromatic N) is 1. The highest BCUT2D eigenvalue weighted by Gasteiger charge is 2.26. The minimum atomic E-state index is 0.546. The maximum atomic E-state index is 5.50. The lowest BCUT2D eigenvalue weighted by Crippen LogP contribution is -2.27. The van der Waals surface area contributed by atoms with Gasteiger partial charge in [0.25, 0.3) is 0 Å². The van der Waals surface area contributed by atoms with Crippen LogP contribution in [0.25, 0.3) is 0 Å². The lowest BCUT2D eigenvalue weighted by Gasteiger charge is -2.21. The van der Waals surface area contributed by atoms with E-state index in [-0.39, 0.29) is 0 Å². The number of hydrogen-bond acceptors (Lipinski definition) is 4. The fraction of sp³-hybridized carbons (Fsp3) is 0.727. The summed E-state index contributed by atoms with van der Waals surface area (Å²) in [4.78, 5) is 0. The monoisotopic (exact) mass is 208 g/mol. The molecule has 1 aromatic rings. The number of ether oxygens (including phenoxy) is 1. The molecule has 4 nitrogen and oxygen atoms in total. The maximum absolute atomic E-state index is 5.50. The van der Waals surface area contributed by atoms with E-state index in [9.17, 15) is 0 Å². The fourth-order valence-corrected chi connectivity index (χ4v) is 2.46. The van der Waals surface area contributed by atoms with E-state index in [1.54, 1.807) is 0 Å². The standard InChI is InChI=1S/C11H16N2O2/c1-4-12-5-2-8(1)11-9-7-14-6-3-10(9)13-15-11/h8,12H,1-7H2. The predicted octanol–water partition coefficient (Wildman–Crippen LogP) is 1.21. The molecular formula is C11H16N2O2. The van der Waals surface area contributed by atoms with Crippen LogP contribution in [-0.2, 0) is 17.8 Å². The molecule has 1 N–H and O–H groups in total. The van der Waals surface area contributed by atoms with Crippen molar-refractivity contribution in [3.05, 3.63) is 17.0 Å². The Kier molecular flexibility index (Phi) is 2.46. The quantitative estimate of drug-likeness (QED) is 0.753. The molecule has 2 aliphatic rings. The molecule has 15 heavy (non-hydrogen) atoms. The first-order valence-corrected chi connectivity index (χ1v) is 5.71. The molecular weight excluding hydrogens is 192 g/mol. The molecule has 0 aromatic carbocycles. The molecule has 82 valence electrons. The van der Waals surface area contributed by atoms with Crippen molar-refractivity contribution in [1.82, 2.24) is 10.5 Å². The van der Waals surface area contributed by atoms with Gasteiger partial charge in [-0.25, -0.2) is 0 Å². The van der Waals surface area contributed by atoms with Gasteiger partial charge < -0.3 is 14.6 Å². The van der Waals surface area contributed by atoms with E-state index in [4.69, 9.17) is 9.26 Å². The molecule has 0 amide bonds. The van der Waals surface area contributed by atoms with Gasteiger partial charge in [-0.1, -0.05) is 5.16 Å². The van der Waals surface area contributed by atoms with Gasteiger partial charge in [0, 0.05) is 17.9 Å². The number of piperidine rings is 1. The van der Waals surface area contributed by atoms with E-state index in [1.807, 2.05) is 0 Å². The van der Waals surface area contributed by atoms with Crippen LogP contribution in [0.15, 0.2) is 4.52 Å². The molecule has 3 heterocycles. The molecule has 4 heteroatoms. The van der Waals surface area contributed by atoms with Crippen LogP contribution < -0.4 is 5.32 Å². The van der Waals surface area contributed by atoms with Crippen LogP contribution in [0, 0.1) is 0 Å². The Hall–Kier alpha value is -0.870. The summed E-state index contributed by atoms with van der Waals surface area (Å²) in [5.41, 5.74) is 2.35. The maximum Gasteiger partial charge on any atom is 0.145 e. The smallest absolute Gasteiger partial charge is 0.145 e. The molecule has 3 rings (SSSR count). The summed E-state index contributed by atoms with van der Waals surface area (Å²) in [7, 11) is 0. The summed E-state index contributed by atoms with van der Waals surface area (Å²) in [5, 5.41) is 7.52. The summed E-state index contributed by atoms with van der Waals surface area (Å²) >= 11 is 0. The van der Waals surface area contributed by atoms with Gasteiger partial charge in [-0.2, -0.15) is 0 Å². The highest BCUT2D eigenvalue weighted by molar-refractivity contribution is 5.27. The van der Waals surface area contributed by atoms with Crippen molar-refractivity contribution in [2.45, 2.75) is 31.8 Å². The molecule has 0 atom stereocenters. The first-order chi connectivity index (χ1) is 7.45. The van der Waals surface area contributed by atoms with Gasteiger partial charge in [0.15, 0.2) is 0 Å². The van der Waals surface area contributed by atoms with Gasteiger partial charge in [0.05, 0.1) is 18.9 Å². The molecule has 0 radical (unpaired) electrons. The average Bonchev–Trinajstić information content (AvgIpc) is 2.74. The lowest BCUT2D eigenvalue weighted by molar-refractivity contribution is 0.109. The third-order valence-corrected chi connectivity index (χ3v) is 3.34. The zero-order chi connectivity index (χ0) is 10.1. The van der Waals surface area contributed by atoms with E-state index in [0.717, 1.165) is 50.4 Å². The first-order valence-electron chi connectivity index (χ1n) is 5.71. The van der Waals surface area contributed by atoms with E-state index in [1.165, 1.54) is 5.56 Å². The highest BCUT2D eigenvalue weighted by Crippen LogP contribution is 2.31. The Morgan fingerprint density at radius 3 is 3.00 bits per heavy atom. The van der Waals surface area contributed by atoms with Crippen LogP contribution in [0.1, 0.15) is 35.8 Å². The van der Waals surface area contributed by atoms with Gasteiger partial charge >= 0.3 is 0 Å². The minimum absolute atomic E-state index is 0.546. The Bertz CT molecular complexity index is 342. The second-order valence-electron chi connectivity index (χ2n) is 4.30. The molecule has 0 spiro atoms. The lowest BCUT2D eigenvalue weighted by atomic mass is 9.92. The van der Waals surface area contributed by atoms with Crippen molar-refractivity contribution in [2.75, 3.05) is 19.7 Å². The molecule has 0 saturated carbocycles. The third-order valence-electron chi connectivity index (χ3n) is 3.34. The Morgan fingerprint density at radius 2 is 2.13 bits per heavy atom. The van der Waals surface area contributed by atoms with E-state index >= 15 is 0 Å². The second-order valence-corrected chi connectivity index (χ2v) is 4.30. The topological polar surface area (TPSA) is 47.3 Å². The van der Waals surface area contributed by atoms with E-state index in [0.29, 0.717) is 12.5 Å². The average molecular weight is 208 g/mol. The van der Waals surface area contributed by atoms with Gasteiger partial charge in [0.2, 0.25) is 0 Å². The second kappa shape index (κ2) is 3.94. The summed E-state index contributed by atoms with van der Waals surface area (Å²) in [5.74, 6) is 1.63. The van der Waals surface area contributed by atoms with Crippen molar-refractivity contribution in [1.29, 1.82) is 0 Å². The van der Waals surface area contributed by atoms with Gasteiger partial charge in [0.1, 0.15) is 5.76 Å². The SMILES string of the molecule is C1CC(c2onc3c2COCC3)CCN1. The zero-order valence-electron chi connectivity index (χ0n) is 8.79. The first kappa shape index (κ1) is 9.36. The highest BCUT2D eigenvalue weighted by atomic mass is 16.5. The molecule has 0 unspecified atom stereocenters. The normalized spacial score (nSPS) is 22.7. The van der Waals surface area contributed by atoms with Crippen LogP contribution in [0.4, 0.5) is 0 Å². The summed E-state index contributed by atoms with van der Waals surface area (Å²) in [6, 6.07) is 0. The molecule has 0 aliphatic carbocycles. The van der Waals surface area contributed by atoms with E-state index < -0.39 is 0 Å². The number of fused-ring (bicyclic) bond motifs is 1. The minimum Gasteiger partial charge on any atom is -0.376 e. The van der Waals surface area contributed by atoms with Crippen molar-refractivity contribution < 1.29 is 9.26 Å². The fourth-order valence-electron chi connectivity index (χ4n) is 2.46. The van der Waals surface area contributed by atoms with Crippen LogP contribution >= 0.6 is 0 Å². The van der Waals surface area contributed by atoms with Crippen LogP contribution in [0.2, 0.25) is 0 Å². The molecule has 1 saturated heterocycles. The largest absolute Gasteiger partial charge is 0.376 e. The van der Waals surface area contributed by atoms with Crippen molar-refractivity contribution in [3.8, 4) is 0 Å². The molecule has 1 aromatic heterocycles. The number of aromatic nitrogens is 1.